The van der Waals surface area contributed by atoms with E-state index in [9.17, 15) is 18.4 Å². The maximum Gasteiger partial charge on any atom is 0.251 e. The zero-order valence-corrected chi connectivity index (χ0v) is 15.1. The van der Waals surface area contributed by atoms with Gasteiger partial charge in [0.1, 0.15) is 17.5 Å². The number of nitrogens with zero attached hydrogens (tertiary/aromatic N) is 2. The number of rotatable bonds is 6. The van der Waals surface area contributed by atoms with Crippen LogP contribution in [0.5, 0.6) is 0 Å². The lowest BCUT2D eigenvalue weighted by Gasteiger charge is -2.09. The summed E-state index contributed by atoms with van der Waals surface area (Å²) in [6, 6.07) is 9.73. The molecule has 0 unspecified atom stereocenters. The van der Waals surface area contributed by atoms with Gasteiger partial charge in [-0.25, -0.2) is 13.8 Å². The molecule has 2 amide bonds. The van der Waals surface area contributed by atoms with Crippen molar-refractivity contribution in [3.63, 3.8) is 0 Å². The van der Waals surface area contributed by atoms with Gasteiger partial charge in [-0.3, -0.25) is 9.59 Å². The average molecular weight is 384 g/mol. The Labute approximate surface area is 160 Å². The predicted molar refractivity (Wildman–Crippen MR) is 99.8 cm³/mol. The second-order valence-corrected chi connectivity index (χ2v) is 6.19. The van der Waals surface area contributed by atoms with Gasteiger partial charge in [-0.2, -0.15) is 0 Å². The van der Waals surface area contributed by atoms with Gasteiger partial charge < -0.3 is 15.2 Å². The Bertz CT molecular complexity index is 979. The molecule has 0 spiro atoms. The Balaban J connectivity index is 1.51. The van der Waals surface area contributed by atoms with Gasteiger partial charge in [-0.15, -0.1) is 0 Å². The van der Waals surface area contributed by atoms with Crippen molar-refractivity contribution in [3.05, 3.63) is 83.4 Å². The zero-order chi connectivity index (χ0) is 20.1. The summed E-state index contributed by atoms with van der Waals surface area (Å²) in [7, 11) is 0. The van der Waals surface area contributed by atoms with Gasteiger partial charge in [-0.1, -0.05) is 12.1 Å². The molecule has 0 saturated heterocycles. The summed E-state index contributed by atoms with van der Waals surface area (Å²) in [5, 5.41) is 4.97. The van der Waals surface area contributed by atoms with Crippen LogP contribution in [-0.2, 0) is 11.3 Å². The molecule has 8 heteroatoms. The van der Waals surface area contributed by atoms with Crippen molar-refractivity contribution in [2.24, 2.45) is 0 Å². The van der Waals surface area contributed by atoms with Crippen molar-refractivity contribution in [1.82, 2.24) is 14.9 Å². The first kappa shape index (κ1) is 19.2. The van der Waals surface area contributed by atoms with Crippen molar-refractivity contribution in [2.45, 2.75) is 13.5 Å². The number of aromatic nitrogens is 2. The number of aryl methyl sites for hydroxylation is 1. The van der Waals surface area contributed by atoms with E-state index in [0.29, 0.717) is 18.3 Å². The molecule has 0 radical (unpaired) electrons. The molecule has 0 aliphatic heterocycles. The average Bonchev–Trinajstić information content (AvgIpc) is 3.05. The Morgan fingerprint density at radius 2 is 1.75 bits per heavy atom. The highest BCUT2D eigenvalue weighted by atomic mass is 19.1. The third-order valence-corrected chi connectivity index (χ3v) is 4.05. The van der Waals surface area contributed by atoms with Crippen LogP contribution in [0.25, 0.3) is 0 Å². The lowest BCUT2D eigenvalue weighted by Crippen LogP contribution is -2.33. The minimum atomic E-state index is -0.861. The molecule has 1 heterocycles. The first-order chi connectivity index (χ1) is 13.4. The first-order valence-electron chi connectivity index (χ1n) is 8.51. The molecule has 6 nitrogen and oxygen atoms in total. The molecule has 144 valence electrons. The molecular formula is C20H18F2N4O2. The molecule has 2 N–H and O–H groups in total. The number of carbonyl (C=O) groups is 2. The van der Waals surface area contributed by atoms with Crippen molar-refractivity contribution in [2.75, 3.05) is 11.9 Å². The first-order valence-corrected chi connectivity index (χ1v) is 8.51. The minimum absolute atomic E-state index is 0.190. The molecule has 28 heavy (non-hydrogen) atoms. The van der Waals surface area contributed by atoms with Gasteiger partial charge in [0.25, 0.3) is 5.91 Å². The maximum absolute atomic E-state index is 13.1. The Morgan fingerprint density at radius 1 is 1.07 bits per heavy atom. The fourth-order valence-electron chi connectivity index (χ4n) is 2.61. The van der Waals surface area contributed by atoms with Crippen LogP contribution in [0.4, 0.5) is 14.5 Å². The summed E-state index contributed by atoms with van der Waals surface area (Å²) < 4.78 is 28.3. The van der Waals surface area contributed by atoms with E-state index in [-0.39, 0.29) is 12.1 Å². The predicted octanol–water partition coefficient (Wildman–Crippen LogP) is 2.89. The molecule has 0 fully saturated rings. The summed E-state index contributed by atoms with van der Waals surface area (Å²) >= 11 is 0. The number of amides is 2. The summed E-state index contributed by atoms with van der Waals surface area (Å²) in [6.45, 7) is 2.26. The van der Waals surface area contributed by atoms with E-state index in [2.05, 4.69) is 15.6 Å². The molecule has 0 aliphatic rings. The molecule has 0 saturated carbocycles. The Hall–Kier alpha value is -3.55. The van der Waals surface area contributed by atoms with Crippen LogP contribution in [0.2, 0.25) is 0 Å². The summed E-state index contributed by atoms with van der Waals surface area (Å²) in [4.78, 5) is 28.0. The monoisotopic (exact) mass is 384 g/mol. The van der Waals surface area contributed by atoms with Crippen molar-refractivity contribution >= 4 is 17.5 Å². The van der Waals surface area contributed by atoms with Crippen LogP contribution in [0.15, 0.2) is 54.9 Å². The van der Waals surface area contributed by atoms with Crippen LogP contribution in [0, 0.1) is 18.6 Å². The van der Waals surface area contributed by atoms with Crippen molar-refractivity contribution in [3.8, 4) is 0 Å². The van der Waals surface area contributed by atoms with Crippen molar-refractivity contribution in [1.29, 1.82) is 0 Å². The van der Waals surface area contributed by atoms with Crippen LogP contribution in [0.3, 0.4) is 0 Å². The maximum atomic E-state index is 13.1. The molecule has 3 aromatic rings. The summed E-state index contributed by atoms with van der Waals surface area (Å²) in [6.07, 6.45) is 3.62. The molecule has 0 bridgehead atoms. The van der Waals surface area contributed by atoms with Crippen LogP contribution in [-0.4, -0.2) is 27.9 Å². The van der Waals surface area contributed by atoms with Crippen molar-refractivity contribution < 1.29 is 18.4 Å². The number of imidazole rings is 1. The third-order valence-electron chi connectivity index (χ3n) is 4.05. The summed E-state index contributed by atoms with van der Waals surface area (Å²) in [5.74, 6) is -2.00. The van der Waals surface area contributed by atoms with Gasteiger partial charge in [0, 0.05) is 36.3 Å². The Kier molecular flexibility index (Phi) is 5.78. The number of nitrogens with one attached hydrogen (secondary N) is 2. The minimum Gasteiger partial charge on any atom is -0.343 e. The standard InChI is InChI=1S/C20H18F2N4O2/c1-13-23-6-7-26(13)12-14-2-4-18(5-3-14)25-19(27)11-24-20(28)15-8-16(21)10-17(22)9-15/h2-10H,11-12H2,1H3,(H,24,28)(H,25,27). The third kappa shape index (κ3) is 5.00. The second kappa shape index (κ2) is 8.43. The molecular weight excluding hydrogens is 366 g/mol. The van der Waals surface area contributed by atoms with E-state index < -0.39 is 23.4 Å². The zero-order valence-electron chi connectivity index (χ0n) is 15.1. The highest BCUT2D eigenvalue weighted by molar-refractivity contribution is 5.99. The number of carbonyl (C=O) groups excluding carboxylic acids is 2. The smallest absolute Gasteiger partial charge is 0.251 e. The topological polar surface area (TPSA) is 76.0 Å². The molecule has 0 aliphatic carbocycles. The highest BCUT2D eigenvalue weighted by Crippen LogP contribution is 2.12. The normalized spacial score (nSPS) is 10.5. The number of hydrogen-bond donors (Lipinski definition) is 2. The van der Waals surface area contributed by atoms with Crippen LogP contribution in [0.1, 0.15) is 21.7 Å². The van der Waals surface area contributed by atoms with E-state index in [0.717, 1.165) is 23.5 Å². The largest absolute Gasteiger partial charge is 0.343 e. The van der Waals surface area contributed by atoms with E-state index in [1.165, 1.54) is 0 Å². The lowest BCUT2D eigenvalue weighted by atomic mass is 10.2. The van der Waals surface area contributed by atoms with Gasteiger partial charge in [0.2, 0.25) is 5.91 Å². The van der Waals surface area contributed by atoms with E-state index in [4.69, 9.17) is 0 Å². The number of anilines is 1. The molecule has 0 atom stereocenters. The number of hydrogen-bond acceptors (Lipinski definition) is 3. The van der Waals surface area contributed by atoms with Gasteiger partial charge in [-0.05, 0) is 36.8 Å². The van der Waals surface area contributed by atoms with Gasteiger partial charge in [0.05, 0.1) is 6.54 Å². The Morgan fingerprint density at radius 3 is 2.36 bits per heavy atom. The number of halogens is 2. The number of benzene rings is 2. The van der Waals surface area contributed by atoms with E-state index in [1.807, 2.05) is 29.8 Å². The van der Waals surface area contributed by atoms with E-state index >= 15 is 0 Å². The molecule has 2 aromatic carbocycles. The van der Waals surface area contributed by atoms with Gasteiger partial charge in [0.15, 0.2) is 0 Å². The quantitative estimate of drug-likeness (QED) is 0.686. The van der Waals surface area contributed by atoms with Crippen LogP contribution < -0.4 is 10.6 Å². The summed E-state index contributed by atoms with van der Waals surface area (Å²) in [5.41, 5.74) is 1.42. The second-order valence-electron chi connectivity index (χ2n) is 6.19. The fraction of sp³-hybridized carbons (Fsp3) is 0.150. The van der Waals surface area contributed by atoms with Gasteiger partial charge >= 0.3 is 0 Å². The molecule has 1 aromatic heterocycles. The fourth-order valence-corrected chi connectivity index (χ4v) is 2.61. The highest BCUT2D eigenvalue weighted by Gasteiger charge is 2.11. The van der Waals surface area contributed by atoms with Crippen LogP contribution >= 0.6 is 0 Å². The lowest BCUT2D eigenvalue weighted by molar-refractivity contribution is -0.115. The SMILES string of the molecule is Cc1nccn1Cc1ccc(NC(=O)CNC(=O)c2cc(F)cc(F)c2)cc1. The van der Waals surface area contributed by atoms with E-state index in [1.54, 1.807) is 18.3 Å². The molecule has 3 rings (SSSR count).